The SMILES string of the molecule is Cn1c(=O)c(OCC(=O)O)cc2cc(Nc3nc(N4CCC(C(=O)O)CC4)ncc3Cl)ccc21. The second-order valence-corrected chi connectivity index (χ2v) is 8.33. The summed E-state index contributed by atoms with van der Waals surface area (Å²) in [6.45, 7) is 0.435. The summed E-state index contributed by atoms with van der Waals surface area (Å²) < 4.78 is 6.51. The van der Waals surface area contributed by atoms with Crippen LogP contribution in [0.5, 0.6) is 5.75 Å². The van der Waals surface area contributed by atoms with E-state index in [1.807, 2.05) is 4.90 Å². The minimum atomic E-state index is -1.18. The number of aromatic nitrogens is 3. The number of anilines is 3. The van der Waals surface area contributed by atoms with Crippen molar-refractivity contribution in [3.05, 3.63) is 45.8 Å². The highest BCUT2D eigenvalue weighted by molar-refractivity contribution is 6.32. The number of rotatable bonds is 7. The summed E-state index contributed by atoms with van der Waals surface area (Å²) in [6.07, 6.45) is 2.51. The zero-order chi connectivity index (χ0) is 24.4. The molecule has 1 aliphatic rings. The van der Waals surface area contributed by atoms with Crippen molar-refractivity contribution in [3.63, 3.8) is 0 Å². The van der Waals surface area contributed by atoms with Crippen molar-refractivity contribution in [2.45, 2.75) is 12.8 Å². The van der Waals surface area contributed by atoms with E-state index in [4.69, 9.17) is 21.4 Å². The molecule has 178 valence electrons. The lowest BCUT2D eigenvalue weighted by Gasteiger charge is -2.30. The van der Waals surface area contributed by atoms with Gasteiger partial charge in [0.1, 0.15) is 5.02 Å². The summed E-state index contributed by atoms with van der Waals surface area (Å²) >= 11 is 6.31. The van der Waals surface area contributed by atoms with Crippen molar-refractivity contribution < 1.29 is 24.5 Å². The maximum absolute atomic E-state index is 12.4. The number of pyridine rings is 1. The van der Waals surface area contributed by atoms with E-state index in [-0.39, 0.29) is 11.7 Å². The number of carboxylic acid groups (broad SMARTS) is 2. The largest absolute Gasteiger partial charge is 0.481 e. The van der Waals surface area contributed by atoms with Gasteiger partial charge in [0.15, 0.2) is 18.2 Å². The fourth-order valence-electron chi connectivity index (χ4n) is 3.83. The number of ether oxygens (including phenoxy) is 1. The molecule has 3 aromatic rings. The molecule has 0 spiro atoms. The van der Waals surface area contributed by atoms with Gasteiger partial charge < -0.3 is 29.7 Å². The number of carbonyl (C=O) groups is 2. The molecule has 0 bridgehead atoms. The highest BCUT2D eigenvalue weighted by atomic mass is 35.5. The average molecular weight is 488 g/mol. The van der Waals surface area contributed by atoms with Crippen LogP contribution in [-0.2, 0) is 16.6 Å². The molecule has 0 saturated carbocycles. The Morgan fingerprint density at radius 3 is 2.65 bits per heavy atom. The van der Waals surface area contributed by atoms with E-state index in [1.165, 1.54) is 16.8 Å². The van der Waals surface area contributed by atoms with Gasteiger partial charge in [0.25, 0.3) is 5.56 Å². The Bertz CT molecular complexity index is 1320. The van der Waals surface area contributed by atoms with Gasteiger partial charge in [-0.25, -0.2) is 9.78 Å². The number of fused-ring (bicyclic) bond motifs is 1. The number of aryl methyl sites for hydroxylation is 1. The maximum atomic E-state index is 12.4. The minimum Gasteiger partial charge on any atom is -0.481 e. The number of hydrogen-bond donors (Lipinski definition) is 3. The molecular weight excluding hydrogens is 466 g/mol. The second-order valence-electron chi connectivity index (χ2n) is 7.92. The first-order chi connectivity index (χ1) is 16.2. The lowest BCUT2D eigenvalue weighted by Crippen LogP contribution is -2.37. The molecule has 3 N–H and O–H groups in total. The number of piperidine rings is 1. The molecule has 0 amide bonds. The van der Waals surface area contributed by atoms with Gasteiger partial charge in [0.2, 0.25) is 5.95 Å². The van der Waals surface area contributed by atoms with Gasteiger partial charge in [-0.05, 0) is 37.1 Å². The number of carboxylic acids is 2. The van der Waals surface area contributed by atoms with Crippen LogP contribution in [0.4, 0.5) is 17.5 Å². The number of nitrogens with one attached hydrogen (secondary N) is 1. The topological polar surface area (TPSA) is 147 Å². The highest BCUT2D eigenvalue weighted by Crippen LogP contribution is 2.29. The Kier molecular flexibility index (Phi) is 6.55. The fourth-order valence-corrected chi connectivity index (χ4v) is 3.97. The number of hydrogen-bond acceptors (Lipinski definition) is 8. The molecule has 11 nitrogen and oxygen atoms in total. The predicted molar refractivity (Wildman–Crippen MR) is 125 cm³/mol. The predicted octanol–water partition coefficient (Wildman–Crippen LogP) is 2.49. The number of benzene rings is 1. The van der Waals surface area contributed by atoms with Crippen LogP contribution in [0.1, 0.15) is 12.8 Å². The summed E-state index contributed by atoms with van der Waals surface area (Å²) in [6, 6.07) is 6.76. The quantitative estimate of drug-likeness (QED) is 0.454. The van der Waals surface area contributed by atoms with E-state index in [0.717, 1.165) is 0 Å². The summed E-state index contributed by atoms with van der Waals surface area (Å²) in [4.78, 5) is 45.1. The van der Waals surface area contributed by atoms with Crippen LogP contribution in [0.15, 0.2) is 35.3 Å². The van der Waals surface area contributed by atoms with E-state index >= 15 is 0 Å². The molecule has 34 heavy (non-hydrogen) atoms. The number of aliphatic carboxylic acids is 2. The van der Waals surface area contributed by atoms with E-state index in [1.54, 1.807) is 25.2 Å². The van der Waals surface area contributed by atoms with Gasteiger partial charge in [0, 0.05) is 31.2 Å². The molecule has 4 rings (SSSR count). The van der Waals surface area contributed by atoms with Crippen LogP contribution in [-0.4, -0.2) is 56.4 Å². The molecule has 1 aliphatic heterocycles. The van der Waals surface area contributed by atoms with Crippen molar-refractivity contribution in [3.8, 4) is 5.75 Å². The van der Waals surface area contributed by atoms with Gasteiger partial charge in [-0.15, -0.1) is 0 Å². The zero-order valence-electron chi connectivity index (χ0n) is 18.2. The molecule has 0 radical (unpaired) electrons. The second kappa shape index (κ2) is 9.56. The molecule has 0 atom stereocenters. The number of nitrogens with zero attached hydrogens (tertiary/aromatic N) is 4. The molecule has 1 saturated heterocycles. The van der Waals surface area contributed by atoms with Crippen LogP contribution in [0.25, 0.3) is 10.9 Å². The van der Waals surface area contributed by atoms with Crippen molar-refractivity contribution in [2.75, 3.05) is 29.9 Å². The molecule has 0 aliphatic carbocycles. The fraction of sp³-hybridized carbons (Fsp3) is 0.318. The molecule has 3 heterocycles. The first-order valence-corrected chi connectivity index (χ1v) is 10.9. The van der Waals surface area contributed by atoms with Gasteiger partial charge in [-0.2, -0.15) is 4.98 Å². The Hall–Kier alpha value is -3.86. The molecule has 2 aromatic heterocycles. The molecule has 1 aromatic carbocycles. The normalized spacial score (nSPS) is 14.2. The Labute approximate surface area is 198 Å². The monoisotopic (exact) mass is 487 g/mol. The van der Waals surface area contributed by atoms with E-state index in [2.05, 4.69) is 15.3 Å². The number of halogens is 1. The van der Waals surface area contributed by atoms with E-state index < -0.39 is 24.1 Å². The summed E-state index contributed by atoms with van der Waals surface area (Å²) in [5, 5.41) is 22.1. The molecule has 0 unspecified atom stereocenters. The summed E-state index contributed by atoms with van der Waals surface area (Å²) in [5.74, 6) is -1.58. The lowest BCUT2D eigenvalue weighted by atomic mass is 9.97. The van der Waals surface area contributed by atoms with E-state index in [0.29, 0.717) is 59.3 Å². The van der Waals surface area contributed by atoms with Crippen molar-refractivity contribution >= 4 is 51.9 Å². The van der Waals surface area contributed by atoms with E-state index in [9.17, 15) is 19.5 Å². The maximum Gasteiger partial charge on any atom is 0.341 e. The lowest BCUT2D eigenvalue weighted by molar-refractivity contribution is -0.142. The van der Waals surface area contributed by atoms with Crippen molar-refractivity contribution in [1.82, 2.24) is 14.5 Å². The summed E-state index contributed by atoms with van der Waals surface area (Å²) in [5.41, 5.74) is 0.824. The zero-order valence-corrected chi connectivity index (χ0v) is 18.9. The third-order valence-corrected chi connectivity index (χ3v) is 5.94. The van der Waals surface area contributed by atoms with Gasteiger partial charge in [0.05, 0.1) is 17.6 Å². The summed E-state index contributed by atoms with van der Waals surface area (Å²) in [7, 11) is 1.58. The highest BCUT2D eigenvalue weighted by Gasteiger charge is 2.26. The average Bonchev–Trinajstić information content (AvgIpc) is 2.82. The molecule has 12 heteroatoms. The van der Waals surface area contributed by atoms with Crippen LogP contribution in [0.3, 0.4) is 0 Å². The third-order valence-electron chi connectivity index (χ3n) is 5.66. The Morgan fingerprint density at radius 2 is 1.97 bits per heavy atom. The standard InChI is InChI=1S/C22H22ClN5O6/c1-27-16-3-2-14(8-13(16)9-17(20(27)31)34-11-18(29)30)25-19-15(23)10-24-22(26-19)28-6-4-12(5-7-28)21(32)33/h2-3,8-10,12H,4-7,11H2,1H3,(H,29,30)(H,32,33)(H,24,25,26). The van der Waals surface area contributed by atoms with Gasteiger partial charge in [-0.3, -0.25) is 9.59 Å². The van der Waals surface area contributed by atoms with Crippen molar-refractivity contribution in [1.29, 1.82) is 0 Å². The first kappa shape index (κ1) is 23.3. The third kappa shape index (κ3) is 4.88. The molecule has 1 fully saturated rings. The van der Waals surface area contributed by atoms with Gasteiger partial charge >= 0.3 is 11.9 Å². The van der Waals surface area contributed by atoms with Crippen molar-refractivity contribution in [2.24, 2.45) is 13.0 Å². The Balaban J connectivity index is 1.59. The minimum absolute atomic E-state index is 0.0679. The molecular formula is C22H22ClN5O6. The van der Waals surface area contributed by atoms with Crippen LogP contribution >= 0.6 is 11.6 Å². The van der Waals surface area contributed by atoms with Crippen LogP contribution in [0.2, 0.25) is 5.02 Å². The van der Waals surface area contributed by atoms with Crippen LogP contribution in [0, 0.1) is 5.92 Å². The first-order valence-electron chi connectivity index (χ1n) is 10.5. The van der Waals surface area contributed by atoms with Crippen LogP contribution < -0.4 is 20.5 Å². The van der Waals surface area contributed by atoms with Gasteiger partial charge in [-0.1, -0.05) is 11.6 Å². The smallest absolute Gasteiger partial charge is 0.341 e. The Morgan fingerprint density at radius 1 is 1.24 bits per heavy atom.